The van der Waals surface area contributed by atoms with Crippen molar-refractivity contribution in [2.45, 2.75) is 44.8 Å². The van der Waals surface area contributed by atoms with E-state index in [1.165, 1.54) is 0 Å². The molecule has 0 aliphatic carbocycles. The van der Waals surface area contributed by atoms with Gasteiger partial charge in [0.05, 0.1) is 16.4 Å². The summed E-state index contributed by atoms with van der Waals surface area (Å²) in [5.41, 5.74) is 3.32. The third-order valence-corrected chi connectivity index (χ3v) is 6.64. The van der Waals surface area contributed by atoms with E-state index in [0.29, 0.717) is 37.1 Å². The second kappa shape index (κ2) is 9.68. The van der Waals surface area contributed by atoms with Crippen LogP contribution in [-0.4, -0.2) is 25.6 Å². The number of nitrogens with one attached hydrogen (secondary N) is 2. The summed E-state index contributed by atoms with van der Waals surface area (Å²) in [6.07, 6.45) is 1.52. The van der Waals surface area contributed by atoms with Crippen LogP contribution in [0.25, 0.3) is 11.1 Å². The van der Waals surface area contributed by atoms with E-state index in [0.717, 1.165) is 11.1 Å². The topological polar surface area (TPSA) is 99.1 Å². The number of hydrogen-bond donors (Lipinski definition) is 2. The molecule has 2 aromatic carbocycles. The Bertz CT molecular complexity index is 968. The minimum Gasteiger partial charge on any atom is -0.326 e. The van der Waals surface area contributed by atoms with Gasteiger partial charge in [-0.25, -0.2) is 13.1 Å². The van der Waals surface area contributed by atoms with E-state index < -0.39 is 14.8 Å². The van der Waals surface area contributed by atoms with Gasteiger partial charge < -0.3 is 5.32 Å². The number of unbranched alkanes of at least 4 members (excludes halogenated alkanes) is 1. The highest BCUT2D eigenvalue weighted by Crippen LogP contribution is 2.22. The number of nitrogens with zero attached hydrogens (tertiary/aromatic N) is 1. The maximum absolute atomic E-state index is 12.1. The average molecular weight is 414 g/mol. The van der Waals surface area contributed by atoms with Crippen LogP contribution in [0, 0.1) is 11.3 Å². The summed E-state index contributed by atoms with van der Waals surface area (Å²) >= 11 is 0. The summed E-state index contributed by atoms with van der Waals surface area (Å²) in [4.78, 5) is 12.1. The number of benzene rings is 2. The summed E-state index contributed by atoms with van der Waals surface area (Å²) in [5.74, 6) is -0.102. The van der Waals surface area contributed by atoms with Gasteiger partial charge in [-0.05, 0) is 69.0 Å². The second-order valence-electron chi connectivity index (χ2n) is 7.78. The Kier molecular flexibility index (Phi) is 7.54. The van der Waals surface area contributed by atoms with Crippen LogP contribution in [0.5, 0.6) is 0 Å². The molecule has 1 amide bonds. The van der Waals surface area contributed by atoms with E-state index in [9.17, 15) is 13.2 Å². The molecule has 0 radical (unpaired) electrons. The van der Waals surface area contributed by atoms with Crippen molar-refractivity contribution < 1.29 is 13.2 Å². The molecule has 2 rings (SSSR count). The SMILES string of the molecule is CC(C)(C)S(=O)(=O)NCCCCC(=O)Nc1ccc(-c2ccc(C#N)cc2)cc1. The fourth-order valence-corrected chi connectivity index (χ4v) is 3.39. The highest BCUT2D eigenvalue weighted by Gasteiger charge is 2.27. The molecule has 2 aromatic rings. The fourth-order valence-electron chi connectivity index (χ4n) is 2.54. The van der Waals surface area contributed by atoms with Gasteiger partial charge in [-0.15, -0.1) is 0 Å². The molecule has 0 aromatic heterocycles. The first-order chi connectivity index (χ1) is 13.6. The number of carbonyl (C=O) groups is 1. The fraction of sp³-hybridized carbons (Fsp3) is 0.364. The summed E-state index contributed by atoms with van der Waals surface area (Å²) in [7, 11) is -3.34. The van der Waals surface area contributed by atoms with Crippen LogP contribution in [0.3, 0.4) is 0 Å². The first-order valence-corrected chi connectivity index (χ1v) is 11.0. The van der Waals surface area contributed by atoms with E-state index in [4.69, 9.17) is 5.26 Å². The standard InChI is InChI=1S/C22H27N3O3S/c1-22(2,3)29(27,28)24-15-5-4-6-21(26)25-20-13-11-19(12-14-20)18-9-7-17(16-23)8-10-18/h7-14,24H,4-6,15H2,1-3H3,(H,25,26). The number of anilines is 1. The third kappa shape index (κ3) is 6.70. The van der Waals surface area contributed by atoms with Crippen molar-refractivity contribution in [3.05, 3.63) is 54.1 Å². The van der Waals surface area contributed by atoms with Crippen LogP contribution in [0.15, 0.2) is 48.5 Å². The van der Waals surface area contributed by atoms with Gasteiger partial charge in [0.1, 0.15) is 0 Å². The molecule has 29 heavy (non-hydrogen) atoms. The van der Waals surface area contributed by atoms with Crippen molar-refractivity contribution in [1.82, 2.24) is 4.72 Å². The first kappa shape index (κ1) is 22.6. The van der Waals surface area contributed by atoms with Gasteiger partial charge in [0.2, 0.25) is 15.9 Å². The molecular formula is C22H27N3O3S. The lowest BCUT2D eigenvalue weighted by molar-refractivity contribution is -0.116. The molecule has 6 nitrogen and oxygen atoms in total. The van der Waals surface area contributed by atoms with Crippen LogP contribution in [0.2, 0.25) is 0 Å². The highest BCUT2D eigenvalue weighted by molar-refractivity contribution is 7.90. The molecule has 154 valence electrons. The zero-order chi connectivity index (χ0) is 21.5. The largest absolute Gasteiger partial charge is 0.326 e. The Labute approximate surface area is 173 Å². The van der Waals surface area contributed by atoms with Crippen molar-refractivity contribution >= 4 is 21.6 Å². The Morgan fingerprint density at radius 1 is 0.966 bits per heavy atom. The molecule has 0 spiro atoms. The number of nitriles is 1. The van der Waals surface area contributed by atoms with Crippen LogP contribution < -0.4 is 10.0 Å². The summed E-state index contributed by atoms with van der Waals surface area (Å²) in [6, 6.07) is 16.9. The zero-order valence-electron chi connectivity index (χ0n) is 17.0. The molecule has 0 bridgehead atoms. The zero-order valence-corrected chi connectivity index (χ0v) is 17.8. The van der Waals surface area contributed by atoms with Gasteiger partial charge in [-0.2, -0.15) is 5.26 Å². The van der Waals surface area contributed by atoms with Gasteiger partial charge in [0, 0.05) is 18.7 Å². The smallest absolute Gasteiger partial charge is 0.224 e. The minimum atomic E-state index is -3.34. The van der Waals surface area contributed by atoms with Crippen LogP contribution in [-0.2, 0) is 14.8 Å². The van der Waals surface area contributed by atoms with Crippen molar-refractivity contribution in [3.63, 3.8) is 0 Å². The summed E-state index contributed by atoms with van der Waals surface area (Å²) in [5, 5.41) is 11.7. The first-order valence-electron chi connectivity index (χ1n) is 9.52. The Morgan fingerprint density at radius 3 is 2.03 bits per heavy atom. The van der Waals surface area contributed by atoms with Crippen LogP contribution >= 0.6 is 0 Å². The lowest BCUT2D eigenvalue weighted by Gasteiger charge is -2.19. The monoisotopic (exact) mass is 413 g/mol. The van der Waals surface area contributed by atoms with Gasteiger partial charge in [0.15, 0.2) is 0 Å². The molecule has 0 fully saturated rings. The molecule has 0 unspecified atom stereocenters. The lowest BCUT2D eigenvalue weighted by Crippen LogP contribution is -2.39. The quantitative estimate of drug-likeness (QED) is 0.638. The lowest BCUT2D eigenvalue weighted by atomic mass is 10.0. The molecule has 7 heteroatoms. The molecule has 0 heterocycles. The van der Waals surface area contributed by atoms with Gasteiger partial charge >= 0.3 is 0 Å². The molecule has 0 aliphatic rings. The third-order valence-electron chi connectivity index (χ3n) is 4.44. The van der Waals surface area contributed by atoms with E-state index in [1.54, 1.807) is 32.9 Å². The van der Waals surface area contributed by atoms with Crippen molar-refractivity contribution in [1.29, 1.82) is 5.26 Å². The predicted molar refractivity (Wildman–Crippen MR) is 116 cm³/mol. The minimum absolute atomic E-state index is 0.102. The van der Waals surface area contributed by atoms with E-state index in [1.807, 2.05) is 36.4 Å². The second-order valence-corrected chi connectivity index (χ2v) is 10.3. The number of sulfonamides is 1. The molecule has 0 saturated heterocycles. The number of hydrogen-bond acceptors (Lipinski definition) is 4. The summed E-state index contributed by atoms with van der Waals surface area (Å²) in [6.45, 7) is 5.27. The normalized spacial score (nSPS) is 11.7. The molecule has 2 N–H and O–H groups in total. The maximum atomic E-state index is 12.1. The molecule has 0 aliphatic heterocycles. The van der Waals surface area contributed by atoms with Gasteiger partial charge in [-0.1, -0.05) is 24.3 Å². The van der Waals surface area contributed by atoms with Crippen LogP contribution in [0.1, 0.15) is 45.6 Å². The average Bonchev–Trinajstić information content (AvgIpc) is 2.67. The molecule has 0 atom stereocenters. The number of carbonyl (C=O) groups excluding carboxylic acids is 1. The highest BCUT2D eigenvalue weighted by atomic mass is 32.2. The maximum Gasteiger partial charge on any atom is 0.224 e. The molecule has 0 saturated carbocycles. The Hall–Kier alpha value is -2.69. The Balaban J connectivity index is 1.77. The molecular weight excluding hydrogens is 386 g/mol. The van der Waals surface area contributed by atoms with Crippen molar-refractivity contribution in [2.75, 3.05) is 11.9 Å². The van der Waals surface area contributed by atoms with E-state index >= 15 is 0 Å². The van der Waals surface area contributed by atoms with Crippen LogP contribution in [0.4, 0.5) is 5.69 Å². The number of rotatable bonds is 8. The van der Waals surface area contributed by atoms with Gasteiger partial charge in [-0.3, -0.25) is 4.79 Å². The van der Waals surface area contributed by atoms with E-state index in [2.05, 4.69) is 16.1 Å². The van der Waals surface area contributed by atoms with Crippen molar-refractivity contribution in [3.8, 4) is 17.2 Å². The Morgan fingerprint density at radius 2 is 1.52 bits per heavy atom. The predicted octanol–water partition coefficient (Wildman–Crippen LogP) is 4.05. The van der Waals surface area contributed by atoms with Gasteiger partial charge in [0.25, 0.3) is 0 Å². The van der Waals surface area contributed by atoms with Crippen molar-refractivity contribution in [2.24, 2.45) is 0 Å². The summed E-state index contributed by atoms with van der Waals surface area (Å²) < 4.78 is 25.6. The van der Waals surface area contributed by atoms with E-state index in [-0.39, 0.29) is 5.91 Å². The number of amides is 1.